The number of carbonyl (C=O) groups is 1. The minimum absolute atomic E-state index is 0.142. The zero-order valence-electron chi connectivity index (χ0n) is 9.85. The van der Waals surface area contributed by atoms with Crippen LogP contribution in [0.25, 0.3) is 0 Å². The Morgan fingerprint density at radius 2 is 2.19 bits per heavy atom. The molecule has 0 bridgehead atoms. The van der Waals surface area contributed by atoms with Gasteiger partial charge in [0.15, 0.2) is 6.29 Å². The van der Waals surface area contributed by atoms with E-state index in [4.69, 9.17) is 5.11 Å². The van der Waals surface area contributed by atoms with Gasteiger partial charge < -0.3 is 10.0 Å². The van der Waals surface area contributed by atoms with Gasteiger partial charge in [0.1, 0.15) is 0 Å². The summed E-state index contributed by atoms with van der Waals surface area (Å²) >= 11 is 1.45. The second-order valence-electron chi connectivity index (χ2n) is 3.71. The Morgan fingerprint density at radius 1 is 1.50 bits per heavy atom. The molecule has 0 aliphatic heterocycles. The highest BCUT2D eigenvalue weighted by Gasteiger charge is 2.16. The lowest BCUT2D eigenvalue weighted by Crippen LogP contribution is -2.36. The van der Waals surface area contributed by atoms with Gasteiger partial charge in [-0.05, 0) is 18.9 Å². The van der Waals surface area contributed by atoms with Crippen LogP contribution in [0, 0.1) is 0 Å². The molecule has 0 saturated heterocycles. The Balaban J connectivity index is 2.86. The molecule has 0 unspecified atom stereocenters. The Kier molecular flexibility index (Phi) is 5.49. The third-order valence-electron chi connectivity index (χ3n) is 2.78. The van der Waals surface area contributed by atoms with Crippen molar-refractivity contribution in [1.29, 1.82) is 0 Å². The number of anilines is 1. The third-order valence-corrected chi connectivity index (χ3v) is 3.62. The molecule has 3 nitrogen and oxygen atoms in total. The standard InChI is InChI=1S/C12H19NO2S/c1-3-10(4-2)13(5-6-14)11-7-12(8-15)16-9-11/h7-10,14H,3-6H2,1-2H3. The van der Waals surface area contributed by atoms with Crippen molar-refractivity contribution in [3.8, 4) is 0 Å². The van der Waals surface area contributed by atoms with E-state index in [1.165, 1.54) is 11.3 Å². The quantitative estimate of drug-likeness (QED) is 0.746. The number of hydrogen-bond acceptors (Lipinski definition) is 4. The van der Waals surface area contributed by atoms with E-state index in [1.807, 2.05) is 11.4 Å². The highest BCUT2D eigenvalue weighted by Crippen LogP contribution is 2.25. The smallest absolute Gasteiger partial charge is 0.160 e. The van der Waals surface area contributed by atoms with Crippen LogP contribution < -0.4 is 4.90 Å². The monoisotopic (exact) mass is 241 g/mol. The van der Waals surface area contributed by atoms with Gasteiger partial charge in [0, 0.05) is 23.7 Å². The van der Waals surface area contributed by atoms with Crippen molar-refractivity contribution in [1.82, 2.24) is 0 Å². The van der Waals surface area contributed by atoms with Crippen LogP contribution in [-0.4, -0.2) is 30.6 Å². The van der Waals surface area contributed by atoms with E-state index in [1.54, 1.807) is 0 Å². The average Bonchev–Trinajstić information content (AvgIpc) is 2.77. The topological polar surface area (TPSA) is 40.5 Å². The molecule has 1 aromatic rings. The van der Waals surface area contributed by atoms with Gasteiger partial charge in [-0.1, -0.05) is 13.8 Å². The van der Waals surface area contributed by atoms with E-state index in [0.717, 1.165) is 29.7 Å². The molecule has 4 heteroatoms. The summed E-state index contributed by atoms with van der Waals surface area (Å²) in [6.07, 6.45) is 2.96. The van der Waals surface area contributed by atoms with Crippen molar-refractivity contribution >= 4 is 23.3 Å². The van der Waals surface area contributed by atoms with Crippen molar-refractivity contribution in [2.24, 2.45) is 0 Å². The number of aliphatic hydroxyl groups excluding tert-OH is 1. The van der Waals surface area contributed by atoms with E-state index >= 15 is 0 Å². The highest BCUT2D eigenvalue weighted by atomic mass is 32.1. The van der Waals surface area contributed by atoms with Crippen molar-refractivity contribution in [3.05, 3.63) is 16.3 Å². The van der Waals surface area contributed by atoms with Crippen molar-refractivity contribution in [3.63, 3.8) is 0 Å². The van der Waals surface area contributed by atoms with Crippen LogP contribution in [0.1, 0.15) is 36.4 Å². The summed E-state index contributed by atoms with van der Waals surface area (Å²) in [6, 6.07) is 2.33. The summed E-state index contributed by atoms with van der Waals surface area (Å²) in [6.45, 7) is 5.06. The zero-order chi connectivity index (χ0) is 12.0. The molecule has 0 fully saturated rings. The maximum Gasteiger partial charge on any atom is 0.160 e. The van der Waals surface area contributed by atoms with E-state index in [-0.39, 0.29) is 6.61 Å². The largest absolute Gasteiger partial charge is 0.395 e. The average molecular weight is 241 g/mol. The van der Waals surface area contributed by atoms with Gasteiger partial charge in [-0.2, -0.15) is 0 Å². The van der Waals surface area contributed by atoms with Crippen molar-refractivity contribution in [2.75, 3.05) is 18.1 Å². The van der Waals surface area contributed by atoms with Crippen LogP contribution in [0.2, 0.25) is 0 Å². The summed E-state index contributed by atoms with van der Waals surface area (Å²) in [5.74, 6) is 0. The number of aliphatic hydroxyl groups is 1. The molecule has 0 aliphatic carbocycles. The molecule has 1 rings (SSSR count). The lowest BCUT2D eigenvalue weighted by atomic mass is 10.1. The van der Waals surface area contributed by atoms with Gasteiger partial charge in [-0.3, -0.25) is 4.79 Å². The van der Waals surface area contributed by atoms with Gasteiger partial charge in [0.05, 0.1) is 11.5 Å². The van der Waals surface area contributed by atoms with E-state index in [9.17, 15) is 4.79 Å². The SMILES string of the molecule is CCC(CC)N(CCO)c1csc(C=O)c1. The maximum absolute atomic E-state index is 10.7. The second kappa shape index (κ2) is 6.66. The summed E-state index contributed by atoms with van der Waals surface area (Å²) in [5.41, 5.74) is 1.05. The minimum atomic E-state index is 0.142. The minimum Gasteiger partial charge on any atom is -0.395 e. The fourth-order valence-electron chi connectivity index (χ4n) is 1.91. The molecular formula is C12H19NO2S. The molecule has 0 amide bonds. The molecule has 0 radical (unpaired) electrons. The van der Waals surface area contributed by atoms with Crippen LogP contribution in [0.3, 0.4) is 0 Å². The van der Waals surface area contributed by atoms with Crippen LogP contribution in [0.15, 0.2) is 11.4 Å². The maximum atomic E-state index is 10.7. The number of carbonyl (C=O) groups excluding carboxylic acids is 1. The third kappa shape index (κ3) is 3.06. The van der Waals surface area contributed by atoms with Gasteiger partial charge in [-0.25, -0.2) is 0 Å². The van der Waals surface area contributed by atoms with Crippen LogP contribution >= 0.6 is 11.3 Å². The molecule has 1 aromatic heterocycles. The Bertz CT molecular complexity index is 321. The molecule has 1 N–H and O–H groups in total. The summed E-state index contributed by atoms with van der Waals surface area (Å²) in [5, 5.41) is 11.1. The first-order valence-electron chi connectivity index (χ1n) is 5.68. The fraction of sp³-hybridized carbons (Fsp3) is 0.583. The predicted octanol–water partition coefficient (Wildman–Crippen LogP) is 2.55. The Morgan fingerprint density at radius 3 is 2.62 bits per heavy atom. The zero-order valence-corrected chi connectivity index (χ0v) is 10.7. The van der Waals surface area contributed by atoms with Crippen molar-refractivity contribution < 1.29 is 9.90 Å². The summed E-state index contributed by atoms with van der Waals surface area (Å²) < 4.78 is 0. The molecular weight excluding hydrogens is 222 g/mol. The summed E-state index contributed by atoms with van der Waals surface area (Å²) in [4.78, 5) is 13.6. The normalized spacial score (nSPS) is 10.8. The van der Waals surface area contributed by atoms with Crippen LogP contribution in [0.4, 0.5) is 5.69 Å². The van der Waals surface area contributed by atoms with Gasteiger partial charge >= 0.3 is 0 Å². The van der Waals surface area contributed by atoms with Crippen molar-refractivity contribution in [2.45, 2.75) is 32.7 Å². The molecule has 0 aromatic carbocycles. The second-order valence-corrected chi connectivity index (χ2v) is 4.66. The van der Waals surface area contributed by atoms with E-state index < -0.39 is 0 Å². The fourth-order valence-corrected chi connectivity index (χ4v) is 2.62. The van der Waals surface area contributed by atoms with Crippen LogP contribution in [-0.2, 0) is 0 Å². The lowest BCUT2D eigenvalue weighted by Gasteiger charge is -2.31. The molecule has 1 heterocycles. The first kappa shape index (κ1) is 13.2. The molecule has 0 atom stereocenters. The highest BCUT2D eigenvalue weighted by molar-refractivity contribution is 7.12. The van der Waals surface area contributed by atoms with Crippen LogP contribution in [0.5, 0.6) is 0 Å². The number of nitrogens with zero attached hydrogens (tertiary/aromatic N) is 1. The summed E-state index contributed by atoms with van der Waals surface area (Å²) in [7, 11) is 0. The van der Waals surface area contributed by atoms with Gasteiger partial charge in [0.25, 0.3) is 0 Å². The Hall–Kier alpha value is -0.870. The molecule has 16 heavy (non-hydrogen) atoms. The first-order chi connectivity index (χ1) is 7.76. The molecule has 90 valence electrons. The lowest BCUT2D eigenvalue weighted by molar-refractivity contribution is 0.112. The van der Waals surface area contributed by atoms with E-state index in [2.05, 4.69) is 18.7 Å². The Labute approximate surface area is 101 Å². The number of hydrogen-bond donors (Lipinski definition) is 1. The molecule has 0 spiro atoms. The number of aldehydes is 1. The molecule has 0 saturated carbocycles. The van der Waals surface area contributed by atoms with Gasteiger partial charge in [-0.15, -0.1) is 11.3 Å². The van der Waals surface area contributed by atoms with Gasteiger partial charge in [0.2, 0.25) is 0 Å². The number of rotatable bonds is 7. The molecule has 0 aliphatic rings. The predicted molar refractivity (Wildman–Crippen MR) is 68.5 cm³/mol. The van der Waals surface area contributed by atoms with E-state index in [0.29, 0.717) is 12.6 Å². The number of thiophene rings is 1. The first-order valence-corrected chi connectivity index (χ1v) is 6.55.